The lowest BCUT2D eigenvalue weighted by molar-refractivity contribution is -0.188. The maximum atomic E-state index is 11.8. The Morgan fingerprint density at radius 3 is 2.43 bits per heavy atom. The van der Waals surface area contributed by atoms with Crippen LogP contribution in [-0.2, 0) is 15.0 Å². The third-order valence-corrected chi connectivity index (χ3v) is 5.12. The first kappa shape index (κ1) is 21.9. The zero-order valence-corrected chi connectivity index (χ0v) is 18.4. The quantitative estimate of drug-likeness (QED) is 0.648. The summed E-state index contributed by atoms with van der Waals surface area (Å²) >= 11 is 0. The Bertz CT molecular complexity index is 897. The van der Waals surface area contributed by atoms with Gasteiger partial charge in [0.25, 0.3) is 0 Å². The second kappa shape index (κ2) is 8.53. The van der Waals surface area contributed by atoms with Crippen LogP contribution in [-0.4, -0.2) is 37.6 Å². The lowest BCUT2D eigenvalue weighted by Crippen LogP contribution is -2.45. The van der Waals surface area contributed by atoms with E-state index in [2.05, 4.69) is 19.2 Å². The lowest BCUT2D eigenvalue weighted by atomic mass is 9.76. The van der Waals surface area contributed by atoms with Gasteiger partial charge in [0.15, 0.2) is 0 Å². The zero-order valence-electron chi connectivity index (χ0n) is 18.4. The maximum absolute atomic E-state index is 11.8. The van der Waals surface area contributed by atoms with E-state index >= 15 is 0 Å². The average Bonchev–Trinajstić information content (AvgIpc) is 2.67. The van der Waals surface area contributed by atoms with Gasteiger partial charge in [-0.2, -0.15) is 0 Å². The first-order valence-electron chi connectivity index (χ1n) is 10.00. The van der Waals surface area contributed by atoms with Crippen LogP contribution in [0, 0.1) is 0 Å². The van der Waals surface area contributed by atoms with E-state index < -0.39 is 5.79 Å². The lowest BCUT2D eigenvalue weighted by Gasteiger charge is -2.43. The van der Waals surface area contributed by atoms with Gasteiger partial charge in [0, 0.05) is 44.3 Å². The summed E-state index contributed by atoms with van der Waals surface area (Å²) in [5.41, 5.74) is 1.69. The summed E-state index contributed by atoms with van der Waals surface area (Å²) in [6.07, 6.45) is 0.770. The van der Waals surface area contributed by atoms with E-state index in [9.17, 15) is 4.79 Å². The Kier molecular flexibility index (Phi) is 6.24. The van der Waals surface area contributed by atoms with Crippen molar-refractivity contribution in [2.45, 2.75) is 45.3 Å². The summed E-state index contributed by atoms with van der Waals surface area (Å²) < 4.78 is 18.1. The SMILES string of the molecule is CCOC1(C)CC(C)(C)c2ccc(Oc3ccc(NC(=O)N(C)OC)cc3)cc2O1. The Morgan fingerprint density at radius 1 is 1.13 bits per heavy atom. The van der Waals surface area contributed by atoms with Crippen molar-refractivity contribution in [2.24, 2.45) is 0 Å². The molecule has 0 bridgehead atoms. The topological polar surface area (TPSA) is 69.3 Å². The number of anilines is 1. The van der Waals surface area contributed by atoms with Gasteiger partial charge in [0.05, 0.1) is 7.11 Å². The van der Waals surface area contributed by atoms with E-state index in [0.717, 1.165) is 22.8 Å². The molecule has 2 aromatic rings. The minimum absolute atomic E-state index is 0.0781. The summed E-state index contributed by atoms with van der Waals surface area (Å²) in [7, 11) is 2.96. The van der Waals surface area contributed by atoms with Crippen LogP contribution in [0.25, 0.3) is 0 Å². The van der Waals surface area contributed by atoms with Crippen molar-refractivity contribution in [3.63, 3.8) is 0 Å². The number of ether oxygens (including phenoxy) is 3. The van der Waals surface area contributed by atoms with Gasteiger partial charge in [0.1, 0.15) is 17.2 Å². The van der Waals surface area contributed by atoms with Gasteiger partial charge in [-0.3, -0.25) is 4.84 Å². The largest absolute Gasteiger partial charge is 0.462 e. The number of nitrogens with one attached hydrogen (secondary N) is 1. The molecule has 1 N–H and O–H groups in total. The first-order chi connectivity index (χ1) is 14.2. The van der Waals surface area contributed by atoms with E-state index in [1.54, 1.807) is 24.3 Å². The number of fused-ring (bicyclic) bond motifs is 1. The summed E-state index contributed by atoms with van der Waals surface area (Å²) in [5.74, 6) is 1.42. The highest BCUT2D eigenvalue weighted by Gasteiger charge is 2.42. The van der Waals surface area contributed by atoms with Crippen LogP contribution in [0.15, 0.2) is 42.5 Å². The second-order valence-electron chi connectivity index (χ2n) is 8.12. The van der Waals surface area contributed by atoms with Crippen molar-refractivity contribution >= 4 is 11.7 Å². The number of hydrogen-bond donors (Lipinski definition) is 1. The fourth-order valence-electron chi connectivity index (χ4n) is 3.79. The molecule has 1 unspecified atom stereocenters. The molecule has 0 radical (unpaired) electrons. The monoisotopic (exact) mass is 414 g/mol. The summed E-state index contributed by atoms with van der Waals surface area (Å²) in [6.45, 7) is 8.92. The minimum Gasteiger partial charge on any atom is -0.462 e. The Labute approximate surface area is 177 Å². The summed E-state index contributed by atoms with van der Waals surface area (Å²) in [4.78, 5) is 16.7. The molecule has 162 valence electrons. The van der Waals surface area contributed by atoms with Crippen LogP contribution in [0.5, 0.6) is 17.2 Å². The molecule has 7 nitrogen and oxygen atoms in total. The molecular weight excluding hydrogens is 384 g/mol. The molecular formula is C23H30N2O5. The molecule has 0 aromatic heterocycles. The molecule has 3 rings (SSSR count). The van der Waals surface area contributed by atoms with Crippen molar-refractivity contribution < 1.29 is 23.8 Å². The Hall–Kier alpha value is -2.77. The average molecular weight is 415 g/mol. The van der Waals surface area contributed by atoms with Gasteiger partial charge in [-0.25, -0.2) is 9.86 Å². The number of carbonyl (C=O) groups is 1. The fourth-order valence-corrected chi connectivity index (χ4v) is 3.79. The van der Waals surface area contributed by atoms with Crippen LogP contribution in [0.2, 0.25) is 0 Å². The number of hydrogen-bond acceptors (Lipinski definition) is 5. The number of rotatable bonds is 6. The highest BCUT2D eigenvalue weighted by Crippen LogP contribution is 2.46. The van der Waals surface area contributed by atoms with Crippen molar-refractivity contribution in [1.29, 1.82) is 0 Å². The molecule has 1 atom stereocenters. The molecule has 7 heteroatoms. The highest BCUT2D eigenvalue weighted by atomic mass is 16.7. The van der Waals surface area contributed by atoms with Crippen LogP contribution < -0.4 is 14.8 Å². The van der Waals surface area contributed by atoms with E-state index in [4.69, 9.17) is 19.0 Å². The maximum Gasteiger partial charge on any atom is 0.345 e. The molecule has 0 saturated heterocycles. The number of amides is 2. The van der Waals surface area contributed by atoms with E-state index in [1.807, 2.05) is 32.0 Å². The normalized spacial score (nSPS) is 19.4. The Morgan fingerprint density at radius 2 is 1.80 bits per heavy atom. The molecule has 0 fully saturated rings. The fraction of sp³-hybridized carbons (Fsp3) is 0.435. The van der Waals surface area contributed by atoms with Gasteiger partial charge in [-0.15, -0.1) is 0 Å². The molecule has 2 amide bonds. The number of benzene rings is 2. The summed E-state index contributed by atoms with van der Waals surface area (Å²) in [6, 6.07) is 12.6. The second-order valence-corrected chi connectivity index (χ2v) is 8.12. The van der Waals surface area contributed by atoms with Gasteiger partial charge >= 0.3 is 6.03 Å². The number of hydroxylamine groups is 2. The molecule has 1 aliphatic rings. The third-order valence-electron chi connectivity index (χ3n) is 5.12. The number of carbonyl (C=O) groups excluding carboxylic acids is 1. The zero-order chi connectivity index (χ0) is 21.9. The summed E-state index contributed by atoms with van der Waals surface area (Å²) in [5, 5.41) is 3.83. The van der Waals surface area contributed by atoms with Crippen molar-refractivity contribution in [3.8, 4) is 17.2 Å². The smallest absolute Gasteiger partial charge is 0.345 e. The number of nitrogens with zero attached hydrogens (tertiary/aromatic N) is 1. The molecule has 0 aliphatic carbocycles. The van der Waals surface area contributed by atoms with Gasteiger partial charge < -0.3 is 19.5 Å². The van der Waals surface area contributed by atoms with Crippen LogP contribution in [0.1, 0.15) is 39.7 Å². The Balaban J connectivity index is 1.75. The molecule has 1 aliphatic heterocycles. The van der Waals surface area contributed by atoms with Crippen LogP contribution >= 0.6 is 0 Å². The predicted octanol–water partition coefficient (Wildman–Crippen LogP) is 5.32. The van der Waals surface area contributed by atoms with E-state index in [1.165, 1.54) is 14.2 Å². The third kappa shape index (κ3) is 4.86. The van der Waals surface area contributed by atoms with Gasteiger partial charge in [0.2, 0.25) is 5.79 Å². The first-order valence-corrected chi connectivity index (χ1v) is 10.00. The highest BCUT2D eigenvalue weighted by molar-refractivity contribution is 5.88. The molecule has 0 spiro atoms. The van der Waals surface area contributed by atoms with Gasteiger partial charge in [-0.05, 0) is 42.7 Å². The van der Waals surface area contributed by atoms with E-state index in [-0.39, 0.29) is 11.4 Å². The number of urea groups is 1. The molecule has 30 heavy (non-hydrogen) atoms. The molecule has 0 saturated carbocycles. The van der Waals surface area contributed by atoms with E-state index in [0.29, 0.717) is 23.8 Å². The van der Waals surface area contributed by atoms with Crippen LogP contribution in [0.3, 0.4) is 0 Å². The minimum atomic E-state index is -0.668. The van der Waals surface area contributed by atoms with Crippen molar-refractivity contribution in [1.82, 2.24) is 5.06 Å². The van der Waals surface area contributed by atoms with Crippen molar-refractivity contribution in [2.75, 3.05) is 26.1 Å². The van der Waals surface area contributed by atoms with Gasteiger partial charge in [-0.1, -0.05) is 19.9 Å². The van der Waals surface area contributed by atoms with Crippen LogP contribution in [0.4, 0.5) is 10.5 Å². The molecule has 2 aromatic carbocycles. The molecule has 1 heterocycles. The standard InChI is InChI=1S/C23H30N2O5/c1-7-28-23(4)15-22(2,3)19-13-12-18(14-20(19)30-23)29-17-10-8-16(9-11-17)24-21(26)25(5)27-6/h8-14H,7,15H2,1-6H3,(H,24,26). The van der Waals surface area contributed by atoms with Crippen molar-refractivity contribution in [3.05, 3.63) is 48.0 Å². The predicted molar refractivity (Wildman–Crippen MR) is 115 cm³/mol.